The lowest BCUT2D eigenvalue weighted by molar-refractivity contribution is -0.127. The highest BCUT2D eigenvalue weighted by molar-refractivity contribution is 5.98. The number of carboxylic acids is 1. The fourth-order valence-corrected chi connectivity index (χ4v) is 5.70. The second-order valence-corrected chi connectivity index (χ2v) is 13.1. The lowest BCUT2D eigenvalue weighted by atomic mass is 10.0. The van der Waals surface area contributed by atoms with Gasteiger partial charge in [-0.25, -0.2) is 22.4 Å². The number of nitrogens with one attached hydrogen (secondary N) is 2. The van der Waals surface area contributed by atoms with Crippen molar-refractivity contribution >= 4 is 23.7 Å². The van der Waals surface area contributed by atoms with Gasteiger partial charge in [0, 0.05) is 43.2 Å². The zero-order valence-corrected chi connectivity index (χ0v) is 31.6. The van der Waals surface area contributed by atoms with E-state index in [0.29, 0.717) is 37.1 Å². The van der Waals surface area contributed by atoms with E-state index in [1.807, 2.05) is 6.92 Å². The molecule has 6 rings (SSSR count). The molecule has 4 aromatic carbocycles. The van der Waals surface area contributed by atoms with Crippen molar-refractivity contribution in [3.63, 3.8) is 0 Å². The molecule has 0 spiro atoms. The van der Waals surface area contributed by atoms with Gasteiger partial charge in [-0.2, -0.15) is 0 Å². The van der Waals surface area contributed by atoms with Crippen LogP contribution in [0.4, 0.5) is 17.6 Å². The van der Waals surface area contributed by atoms with Crippen molar-refractivity contribution in [2.24, 2.45) is 5.92 Å². The van der Waals surface area contributed by atoms with Gasteiger partial charge in [-0.1, -0.05) is 20.8 Å². The Hall–Kier alpha value is -6.32. The lowest BCUT2D eigenvalue weighted by Crippen LogP contribution is -2.55. The van der Waals surface area contributed by atoms with Crippen LogP contribution in [0.25, 0.3) is 0 Å². The molecular formula is C41H43F4N3O9. The third-order valence-electron chi connectivity index (χ3n) is 9.14. The van der Waals surface area contributed by atoms with E-state index >= 15 is 0 Å². The molecule has 2 atom stereocenters. The smallest absolute Gasteiger partial charge is 0.335 e. The normalized spacial score (nSPS) is 16.2. The van der Waals surface area contributed by atoms with Crippen LogP contribution >= 0.6 is 0 Å². The van der Waals surface area contributed by atoms with Gasteiger partial charge < -0.3 is 40.3 Å². The molecule has 2 aliphatic heterocycles. The molecule has 0 aliphatic carbocycles. The number of carbonyl (C=O) groups excluding carboxylic acids is 3. The van der Waals surface area contributed by atoms with Crippen molar-refractivity contribution in [3.05, 3.63) is 106 Å². The van der Waals surface area contributed by atoms with Crippen molar-refractivity contribution < 1.29 is 61.5 Å². The van der Waals surface area contributed by atoms with Crippen LogP contribution in [0.15, 0.2) is 60.7 Å². The first-order valence-corrected chi connectivity index (χ1v) is 18.1. The maximum atomic E-state index is 14.5. The molecule has 0 saturated carbocycles. The lowest BCUT2D eigenvalue weighted by Gasteiger charge is -2.32. The highest BCUT2D eigenvalue weighted by atomic mass is 19.1. The van der Waals surface area contributed by atoms with E-state index in [1.54, 1.807) is 20.8 Å². The molecule has 2 saturated heterocycles. The Morgan fingerprint density at radius 2 is 1.19 bits per heavy atom. The molecule has 2 heterocycles. The van der Waals surface area contributed by atoms with Crippen molar-refractivity contribution in [1.82, 2.24) is 15.5 Å². The molecular weight excluding hydrogens is 754 g/mol. The van der Waals surface area contributed by atoms with Gasteiger partial charge in [0.15, 0.2) is 46.1 Å². The number of halogens is 4. The Kier molecular flexibility index (Phi) is 14.9. The summed E-state index contributed by atoms with van der Waals surface area (Å²) >= 11 is 0. The van der Waals surface area contributed by atoms with Crippen LogP contribution in [0.3, 0.4) is 0 Å². The summed E-state index contributed by atoms with van der Waals surface area (Å²) < 4.78 is 66.1. The minimum atomic E-state index is -1.28. The third kappa shape index (κ3) is 11.1. The topological polar surface area (TPSA) is 175 Å². The number of hydrogen-bond donors (Lipinski definition) is 5. The van der Waals surface area contributed by atoms with Gasteiger partial charge in [0.2, 0.25) is 11.8 Å². The minimum Gasteiger partial charge on any atom is -0.504 e. The molecule has 2 unspecified atom stereocenters. The Morgan fingerprint density at radius 3 is 1.63 bits per heavy atom. The molecule has 0 bridgehead atoms. The third-order valence-corrected chi connectivity index (χ3v) is 9.14. The summed E-state index contributed by atoms with van der Waals surface area (Å²) in [4.78, 5) is 47.0. The van der Waals surface area contributed by atoms with E-state index < -0.39 is 41.2 Å². The van der Waals surface area contributed by atoms with Crippen LogP contribution < -0.4 is 20.1 Å². The van der Waals surface area contributed by atoms with Gasteiger partial charge in [0.25, 0.3) is 5.91 Å². The molecule has 304 valence electrons. The molecule has 2 fully saturated rings. The minimum absolute atomic E-state index is 0.0585. The average Bonchev–Trinajstić information content (AvgIpc) is 3.18. The number of nitrogens with zero attached hydrogens (tertiary/aromatic N) is 1. The van der Waals surface area contributed by atoms with E-state index in [9.17, 15) is 47.0 Å². The van der Waals surface area contributed by atoms with Crippen LogP contribution in [-0.4, -0.2) is 69.6 Å². The predicted molar refractivity (Wildman–Crippen MR) is 200 cm³/mol. The second-order valence-electron chi connectivity index (χ2n) is 13.1. The van der Waals surface area contributed by atoms with Crippen molar-refractivity contribution in [3.8, 4) is 34.5 Å². The van der Waals surface area contributed by atoms with Crippen LogP contribution in [0.2, 0.25) is 0 Å². The zero-order valence-electron chi connectivity index (χ0n) is 31.6. The average molecular weight is 798 g/mol. The highest BCUT2D eigenvalue weighted by Crippen LogP contribution is 2.36. The Balaban J connectivity index is 0.000000217. The number of carbonyl (C=O) groups is 4. The number of aromatic hydroxyl groups is 2. The number of hydrogen-bond acceptors (Lipinski definition) is 8. The van der Waals surface area contributed by atoms with Gasteiger partial charge in [-0.3, -0.25) is 14.4 Å². The summed E-state index contributed by atoms with van der Waals surface area (Å²) in [6.07, 6.45) is 2.98. The van der Waals surface area contributed by atoms with Crippen LogP contribution in [-0.2, 0) is 22.4 Å². The number of ether oxygens (including phenoxy) is 2. The molecule has 2 aliphatic rings. The van der Waals surface area contributed by atoms with Crippen LogP contribution in [0, 0.1) is 29.2 Å². The molecule has 5 N–H and O–H groups in total. The van der Waals surface area contributed by atoms with Crippen molar-refractivity contribution in [1.29, 1.82) is 0 Å². The molecule has 0 aromatic heterocycles. The number of phenolic OH excluding ortho intramolecular Hbond substituents is 2. The number of benzene rings is 4. The Morgan fingerprint density at radius 1 is 0.702 bits per heavy atom. The predicted octanol–water partition coefficient (Wildman–Crippen LogP) is 7.24. The summed E-state index contributed by atoms with van der Waals surface area (Å²) in [5.41, 5.74) is 0.437. The SMILES string of the molecule is CC1CCCNC1=O.CCc1cc(O)c(Oc2ccc(C(=O)N3CCNC(=O)C3C)cc2F)cc1F.CCc1cc(O)c(Oc2ccc(C(=O)O)cc2F)cc1F. The molecule has 57 heavy (non-hydrogen) atoms. The van der Waals surface area contributed by atoms with E-state index in [1.165, 1.54) is 29.2 Å². The van der Waals surface area contributed by atoms with Crippen LogP contribution in [0.1, 0.15) is 72.4 Å². The highest BCUT2D eigenvalue weighted by Gasteiger charge is 2.30. The fraction of sp³-hybridized carbons (Fsp3) is 0.317. The molecule has 3 amide bonds. The summed E-state index contributed by atoms with van der Waals surface area (Å²) in [7, 11) is 0. The van der Waals surface area contributed by atoms with E-state index in [4.69, 9.17) is 14.6 Å². The molecule has 12 nitrogen and oxygen atoms in total. The quantitative estimate of drug-likeness (QED) is 0.115. The maximum absolute atomic E-state index is 14.5. The summed E-state index contributed by atoms with van der Waals surface area (Å²) in [6.45, 7) is 8.55. The van der Waals surface area contributed by atoms with E-state index in [0.717, 1.165) is 55.8 Å². The first-order chi connectivity index (χ1) is 27.0. The van der Waals surface area contributed by atoms with E-state index in [2.05, 4.69) is 10.6 Å². The molecule has 0 radical (unpaired) electrons. The van der Waals surface area contributed by atoms with Crippen LogP contribution in [0.5, 0.6) is 34.5 Å². The van der Waals surface area contributed by atoms with Crippen molar-refractivity contribution in [2.75, 3.05) is 19.6 Å². The second kappa shape index (κ2) is 19.5. The van der Waals surface area contributed by atoms with Crippen molar-refractivity contribution in [2.45, 2.75) is 59.4 Å². The summed E-state index contributed by atoms with van der Waals surface area (Å²) in [5, 5.41) is 33.9. The number of rotatable bonds is 8. The van der Waals surface area contributed by atoms with Gasteiger partial charge in [0.1, 0.15) is 17.7 Å². The summed E-state index contributed by atoms with van der Waals surface area (Å²) in [6, 6.07) is 10.3. The number of aryl methyl sites for hydroxylation is 2. The standard InChI is InChI=1S/C20H20F2N2O4.C15H12F2O4.C6H11NO/c1-3-12-9-16(25)18(10-14(12)21)28-17-5-4-13(8-15(17)22)20(27)24-7-6-23-19(26)11(24)2;1-2-8-6-12(18)14(7-10(8)16)21-13-4-3-9(15(19)20)5-11(13)17;1-5-3-2-4-7-6(5)8/h4-5,8-11,25H,3,6-7H2,1-2H3,(H,23,26);3-7,18H,2H2,1H3,(H,19,20);5H,2-4H2,1H3,(H,7,8). The monoisotopic (exact) mass is 797 g/mol. The number of piperazine rings is 1. The number of carboxylic acid groups (broad SMARTS) is 1. The first kappa shape index (κ1) is 43.4. The Bertz CT molecular complexity index is 2130. The van der Waals surface area contributed by atoms with E-state index in [-0.39, 0.29) is 63.4 Å². The van der Waals surface area contributed by atoms with Gasteiger partial charge in [-0.05, 0) is 92.3 Å². The number of piperidine rings is 1. The number of phenols is 2. The molecule has 16 heteroatoms. The number of aromatic carboxylic acids is 1. The fourth-order valence-electron chi connectivity index (χ4n) is 5.70. The summed E-state index contributed by atoms with van der Waals surface area (Å²) in [5.74, 6) is -6.15. The van der Waals surface area contributed by atoms with Gasteiger partial charge in [0.05, 0.1) is 5.56 Å². The zero-order chi connectivity index (χ0) is 42.0. The van der Waals surface area contributed by atoms with Gasteiger partial charge >= 0.3 is 5.97 Å². The first-order valence-electron chi connectivity index (χ1n) is 18.1. The maximum Gasteiger partial charge on any atom is 0.335 e. The largest absolute Gasteiger partial charge is 0.504 e. The van der Waals surface area contributed by atoms with Gasteiger partial charge in [-0.15, -0.1) is 0 Å². The molecule has 4 aromatic rings. The Labute approximate surface area is 326 Å². The number of amides is 3.